The van der Waals surface area contributed by atoms with Gasteiger partial charge in [0.2, 0.25) is 0 Å². The molecule has 0 aliphatic heterocycles. The van der Waals surface area contributed by atoms with E-state index in [0.29, 0.717) is 0 Å². The van der Waals surface area contributed by atoms with Crippen LogP contribution < -0.4 is 0 Å². The van der Waals surface area contributed by atoms with E-state index in [1.165, 1.54) is 21.5 Å². The lowest BCUT2D eigenvalue weighted by atomic mass is 9.92. The molecule has 0 spiro atoms. The molecule has 0 atom stereocenters. The van der Waals surface area contributed by atoms with Crippen LogP contribution in [0.1, 0.15) is 16.7 Å². The third kappa shape index (κ3) is 6.27. The van der Waals surface area contributed by atoms with Crippen LogP contribution >= 0.6 is 0 Å². The van der Waals surface area contributed by atoms with Crippen LogP contribution in [0, 0.1) is 34.4 Å². The Labute approximate surface area is 197 Å². The Morgan fingerprint density at radius 2 is 0.844 bits per heavy atom. The molecule has 0 fully saturated rings. The highest BCUT2D eigenvalue weighted by Crippen LogP contribution is 2.32. The van der Waals surface area contributed by atoms with Crippen molar-refractivity contribution in [1.82, 2.24) is 0 Å². The second-order valence-corrected chi connectivity index (χ2v) is 25.8. The van der Waals surface area contributed by atoms with Crippen molar-refractivity contribution >= 4 is 45.8 Å². The fourth-order valence-corrected chi connectivity index (χ4v) is 4.80. The maximum Gasteiger partial charge on any atom is 0.129 e. The third-order valence-corrected chi connectivity index (χ3v) is 7.37. The first-order chi connectivity index (χ1) is 14.7. The smallest absolute Gasteiger partial charge is 0.127 e. The third-order valence-electron chi connectivity index (χ3n) is 4.75. The summed E-state index contributed by atoms with van der Waals surface area (Å²) in [6.45, 7) is 20.6. The Kier molecular flexibility index (Phi) is 6.65. The number of rotatable bonds is 0. The summed E-state index contributed by atoms with van der Waals surface area (Å²) in [5, 5.41) is 4.77. The van der Waals surface area contributed by atoms with Gasteiger partial charge >= 0.3 is 0 Å². The Morgan fingerprint density at radius 3 is 1.22 bits per heavy atom. The quantitative estimate of drug-likeness (QED) is 0.181. The summed E-state index contributed by atoms with van der Waals surface area (Å²) in [4.78, 5) is 0. The van der Waals surface area contributed by atoms with Crippen molar-refractivity contribution in [1.29, 1.82) is 0 Å². The van der Waals surface area contributed by atoms with E-state index >= 15 is 0 Å². The number of hydrogen-bond acceptors (Lipinski definition) is 0. The van der Waals surface area contributed by atoms with Gasteiger partial charge in [-0.3, -0.25) is 0 Å². The van der Waals surface area contributed by atoms with Crippen LogP contribution in [0.5, 0.6) is 0 Å². The van der Waals surface area contributed by atoms with E-state index in [0.717, 1.165) is 16.7 Å². The predicted octanol–water partition coefficient (Wildman–Crippen LogP) is 7.68. The van der Waals surface area contributed by atoms with Gasteiger partial charge in [-0.25, -0.2) is 0 Å². The maximum atomic E-state index is 3.60. The molecule has 0 saturated carbocycles. The van der Waals surface area contributed by atoms with Crippen LogP contribution in [0.2, 0.25) is 58.9 Å². The molecule has 0 aromatic heterocycles. The average Bonchev–Trinajstić information content (AvgIpc) is 2.66. The summed E-state index contributed by atoms with van der Waals surface area (Å²) in [5.41, 5.74) is 14.0. The first kappa shape index (κ1) is 24.2. The number of benzene rings is 3. The van der Waals surface area contributed by atoms with Crippen molar-refractivity contribution in [2.75, 3.05) is 0 Å². The molecule has 0 unspecified atom stereocenters. The van der Waals surface area contributed by atoms with E-state index in [2.05, 4.69) is 136 Å². The van der Waals surface area contributed by atoms with Crippen LogP contribution in [0.4, 0.5) is 0 Å². The molecule has 0 amide bonds. The minimum atomic E-state index is -1.53. The maximum absolute atomic E-state index is 3.60. The van der Waals surface area contributed by atoms with E-state index in [1.54, 1.807) is 0 Å². The summed E-state index contributed by atoms with van der Waals surface area (Å²) in [6.07, 6.45) is 0. The molecule has 162 valence electrons. The minimum absolute atomic E-state index is 1.09. The lowest BCUT2D eigenvalue weighted by molar-refractivity contribution is 1.68. The molecule has 0 bridgehead atoms. The summed E-state index contributed by atoms with van der Waals surface area (Å²) < 4.78 is 0. The van der Waals surface area contributed by atoms with Gasteiger partial charge in [-0.1, -0.05) is 101 Å². The summed E-state index contributed by atoms with van der Waals surface area (Å²) in [6, 6.07) is 15.2. The molecule has 3 heteroatoms. The Balaban J connectivity index is 2.47. The van der Waals surface area contributed by atoms with Crippen molar-refractivity contribution in [3.8, 4) is 34.4 Å². The van der Waals surface area contributed by atoms with Gasteiger partial charge in [-0.15, -0.1) is 16.6 Å². The molecular formula is C29H34Si3. The zero-order valence-corrected chi connectivity index (χ0v) is 24.0. The zero-order valence-electron chi connectivity index (χ0n) is 21.0. The predicted molar refractivity (Wildman–Crippen MR) is 152 cm³/mol. The van der Waals surface area contributed by atoms with Gasteiger partial charge in [-0.05, 0) is 39.7 Å². The summed E-state index contributed by atoms with van der Waals surface area (Å²) in [7, 11) is -4.49. The van der Waals surface area contributed by atoms with Gasteiger partial charge in [0.1, 0.15) is 24.2 Å². The van der Waals surface area contributed by atoms with Crippen molar-refractivity contribution in [3.05, 3.63) is 59.2 Å². The molecule has 0 saturated heterocycles. The molecule has 0 nitrogen and oxygen atoms in total. The fraction of sp³-hybridized carbons (Fsp3) is 0.310. The first-order valence-electron chi connectivity index (χ1n) is 11.3. The molecule has 3 aromatic rings. The van der Waals surface area contributed by atoms with E-state index in [4.69, 9.17) is 0 Å². The summed E-state index contributed by atoms with van der Waals surface area (Å²) in [5.74, 6) is 10.6. The van der Waals surface area contributed by atoms with E-state index in [9.17, 15) is 0 Å². The Bertz CT molecular complexity index is 1280. The SMILES string of the molecule is C[Si](C)(C)C#Cc1cccc2c(C#C[Si](C)(C)C)c3cccc(C#C[Si](C)(C)C)c3cc12. The van der Waals surface area contributed by atoms with Gasteiger partial charge in [0.15, 0.2) is 0 Å². The van der Waals surface area contributed by atoms with Crippen molar-refractivity contribution < 1.29 is 0 Å². The zero-order chi connectivity index (χ0) is 23.7. The van der Waals surface area contributed by atoms with Crippen LogP contribution in [0.15, 0.2) is 42.5 Å². The highest BCUT2D eigenvalue weighted by Gasteiger charge is 2.14. The molecule has 32 heavy (non-hydrogen) atoms. The van der Waals surface area contributed by atoms with Crippen molar-refractivity contribution in [2.24, 2.45) is 0 Å². The van der Waals surface area contributed by atoms with E-state index in [-0.39, 0.29) is 0 Å². The Morgan fingerprint density at radius 1 is 0.469 bits per heavy atom. The number of fused-ring (bicyclic) bond motifs is 2. The molecule has 0 radical (unpaired) electrons. The molecule has 3 rings (SSSR count). The standard InChI is InChI=1S/C29H34Si3/c1-30(2,3)19-16-23-12-10-14-25-27(18-21-32(7,8)9)26-15-11-13-24(17-20-31(4,5)6)29(26)22-28(23)25/h10-15,22H,1-9H3. The average molecular weight is 467 g/mol. The molecule has 3 aromatic carbocycles. The molecule has 0 heterocycles. The van der Waals surface area contributed by atoms with Gasteiger partial charge in [0.25, 0.3) is 0 Å². The lowest BCUT2D eigenvalue weighted by Crippen LogP contribution is -2.16. The van der Waals surface area contributed by atoms with E-state index in [1.807, 2.05) is 0 Å². The van der Waals surface area contributed by atoms with Crippen molar-refractivity contribution in [3.63, 3.8) is 0 Å². The highest BCUT2D eigenvalue weighted by molar-refractivity contribution is 6.84. The fourth-order valence-electron chi connectivity index (χ4n) is 3.28. The lowest BCUT2D eigenvalue weighted by Gasteiger charge is -2.12. The second kappa shape index (κ2) is 8.80. The largest absolute Gasteiger partial charge is 0.129 e. The monoisotopic (exact) mass is 466 g/mol. The first-order valence-corrected chi connectivity index (χ1v) is 21.8. The van der Waals surface area contributed by atoms with Gasteiger partial charge in [-0.2, -0.15) is 0 Å². The normalized spacial score (nSPS) is 11.8. The molecule has 0 aliphatic carbocycles. The van der Waals surface area contributed by atoms with Gasteiger partial charge in [0.05, 0.1) is 0 Å². The Hall–Kier alpha value is -2.49. The minimum Gasteiger partial charge on any atom is -0.127 e. The van der Waals surface area contributed by atoms with Crippen LogP contribution in [-0.2, 0) is 0 Å². The van der Waals surface area contributed by atoms with Crippen LogP contribution in [0.25, 0.3) is 21.5 Å². The van der Waals surface area contributed by atoms with Crippen molar-refractivity contribution in [2.45, 2.75) is 58.9 Å². The van der Waals surface area contributed by atoms with Gasteiger partial charge < -0.3 is 0 Å². The van der Waals surface area contributed by atoms with Gasteiger partial charge in [0, 0.05) is 16.7 Å². The topological polar surface area (TPSA) is 0 Å². The van der Waals surface area contributed by atoms with E-state index < -0.39 is 24.2 Å². The highest BCUT2D eigenvalue weighted by atomic mass is 28.3. The van der Waals surface area contributed by atoms with Crippen LogP contribution in [-0.4, -0.2) is 24.2 Å². The van der Waals surface area contributed by atoms with Crippen LogP contribution in [0.3, 0.4) is 0 Å². The molecule has 0 N–H and O–H groups in total. The second-order valence-electron chi connectivity index (χ2n) is 11.6. The summed E-state index contributed by atoms with van der Waals surface area (Å²) >= 11 is 0. The molecular weight excluding hydrogens is 433 g/mol. The molecule has 0 aliphatic rings. The number of hydrogen-bond donors (Lipinski definition) is 0.